The number of aliphatic hydroxyl groups excluding tert-OH is 1. The number of aliphatic hydroxyl groups is 1. The molecule has 82 valence electrons. The first kappa shape index (κ1) is 10.0. The third kappa shape index (κ3) is 2.30. The molecule has 0 aliphatic carbocycles. The first-order valence-corrected chi connectivity index (χ1v) is 5.00. The lowest BCUT2D eigenvalue weighted by Crippen LogP contribution is -2.19. The molecule has 1 aliphatic rings. The van der Waals surface area contributed by atoms with Gasteiger partial charge in [-0.25, -0.2) is 4.98 Å². The summed E-state index contributed by atoms with van der Waals surface area (Å²) in [5.74, 6) is 1.13. The Morgan fingerprint density at radius 1 is 1.53 bits per heavy atom. The van der Waals surface area contributed by atoms with Gasteiger partial charge in [-0.05, 0) is 6.42 Å². The first-order chi connectivity index (χ1) is 7.29. The van der Waals surface area contributed by atoms with Gasteiger partial charge in [0.2, 0.25) is 0 Å². The predicted octanol–water partition coefficient (Wildman–Crippen LogP) is 0.993. The maximum atomic E-state index is 9.40. The normalized spacial score (nSPS) is 15.9. The van der Waals surface area contributed by atoms with Gasteiger partial charge in [0, 0.05) is 6.07 Å². The van der Waals surface area contributed by atoms with Gasteiger partial charge in [0.1, 0.15) is 19.4 Å². The fraction of sp³-hybridized carbons (Fsp3) is 0.500. The Morgan fingerprint density at radius 2 is 2.33 bits per heavy atom. The summed E-state index contributed by atoms with van der Waals surface area (Å²) in [6.45, 7) is 2.96. The minimum Gasteiger partial charge on any atom is -0.484 e. The third-order valence-corrected chi connectivity index (χ3v) is 2.12. The number of hydrogen-bond acceptors (Lipinski definition) is 5. The van der Waals surface area contributed by atoms with Crippen LogP contribution in [0.25, 0.3) is 0 Å². The molecule has 1 unspecified atom stereocenters. The first-order valence-electron chi connectivity index (χ1n) is 5.00. The Hall–Kier alpha value is -1.49. The molecule has 0 saturated carbocycles. The number of pyridine rings is 1. The maximum absolute atomic E-state index is 9.40. The van der Waals surface area contributed by atoms with Crippen LogP contribution in [0.15, 0.2) is 12.3 Å². The number of fused-ring (bicyclic) bond motifs is 1. The summed E-state index contributed by atoms with van der Waals surface area (Å²) in [7, 11) is 0. The van der Waals surface area contributed by atoms with Crippen LogP contribution in [0.5, 0.6) is 11.6 Å². The van der Waals surface area contributed by atoms with Gasteiger partial charge in [-0.2, -0.15) is 0 Å². The number of rotatable bonds is 3. The molecule has 1 aromatic rings. The van der Waals surface area contributed by atoms with Gasteiger partial charge in [-0.15, -0.1) is 0 Å². The molecule has 0 saturated heterocycles. The van der Waals surface area contributed by atoms with Crippen LogP contribution >= 0.6 is 0 Å². The van der Waals surface area contributed by atoms with E-state index < -0.39 is 6.23 Å². The van der Waals surface area contributed by atoms with Crippen molar-refractivity contribution in [1.82, 2.24) is 4.98 Å². The summed E-state index contributed by atoms with van der Waals surface area (Å²) in [5.41, 5.74) is 0.730. The van der Waals surface area contributed by atoms with Crippen molar-refractivity contribution >= 4 is 5.69 Å². The molecule has 5 nitrogen and oxygen atoms in total. The van der Waals surface area contributed by atoms with Crippen LogP contribution in [0.2, 0.25) is 0 Å². The molecule has 0 spiro atoms. The molecule has 5 heteroatoms. The fourth-order valence-corrected chi connectivity index (χ4v) is 1.31. The highest BCUT2D eigenvalue weighted by Crippen LogP contribution is 2.29. The maximum Gasteiger partial charge on any atom is 0.257 e. The highest BCUT2D eigenvalue weighted by molar-refractivity contribution is 5.50. The van der Waals surface area contributed by atoms with Crippen LogP contribution in [-0.4, -0.2) is 29.5 Å². The number of hydrogen-bond donors (Lipinski definition) is 2. The van der Waals surface area contributed by atoms with E-state index in [0.29, 0.717) is 31.3 Å². The second-order valence-electron chi connectivity index (χ2n) is 3.29. The Morgan fingerprint density at radius 3 is 3.13 bits per heavy atom. The average Bonchev–Trinajstić information content (AvgIpc) is 2.29. The topological polar surface area (TPSA) is 63.6 Å². The van der Waals surface area contributed by atoms with E-state index in [9.17, 15) is 5.11 Å². The van der Waals surface area contributed by atoms with Crippen molar-refractivity contribution in [2.45, 2.75) is 19.6 Å². The highest BCUT2D eigenvalue weighted by atomic mass is 16.6. The molecule has 0 radical (unpaired) electrons. The fourth-order valence-electron chi connectivity index (χ4n) is 1.31. The zero-order chi connectivity index (χ0) is 10.7. The second-order valence-corrected chi connectivity index (χ2v) is 3.29. The van der Waals surface area contributed by atoms with Gasteiger partial charge in [0.15, 0.2) is 5.75 Å². The van der Waals surface area contributed by atoms with Gasteiger partial charge in [0.05, 0.1) is 11.9 Å². The van der Waals surface area contributed by atoms with E-state index >= 15 is 0 Å². The van der Waals surface area contributed by atoms with Gasteiger partial charge >= 0.3 is 0 Å². The van der Waals surface area contributed by atoms with Gasteiger partial charge in [-0.3, -0.25) is 0 Å². The van der Waals surface area contributed by atoms with Crippen molar-refractivity contribution in [3.8, 4) is 11.6 Å². The van der Waals surface area contributed by atoms with Crippen molar-refractivity contribution in [1.29, 1.82) is 0 Å². The van der Waals surface area contributed by atoms with E-state index in [1.807, 2.05) is 6.92 Å². The van der Waals surface area contributed by atoms with Gasteiger partial charge in [0.25, 0.3) is 5.88 Å². The van der Waals surface area contributed by atoms with Crippen LogP contribution < -0.4 is 14.8 Å². The minimum atomic E-state index is -0.561. The summed E-state index contributed by atoms with van der Waals surface area (Å²) in [6.07, 6.45) is 1.69. The molecule has 15 heavy (non-hydrogen) atoms. The molecule has 0 bridgehead atoms. The van der Waals surface area contributed by atoms with Crippen molar-refractivity contribution < 1.29 is 14.6 Å². The zero-order valence-electron chi connectivity index (χ0n) is 8.56. The van der Waals surface area contributed by atoms with E-state index in [1.54, 1.807) is 12.3 Å². The van der Waals surface area contributed by atoms with Crippen LogP contribution in [0.3, 0.4) is 0 Å². The van der Waals surface area contributed by atoms with Gasteiger partial charge in [-0.1, -0.05) is 6.92 Å². The molecular weight excluding hydrogens is 196 g/mol. The third-order valence-electron chi connectivity index (χ3n) is 2.12. The van der Waals surface area contributed by atoms with Crippen LogP contribution in [0.4, 0.5) is 5.69 Å². The summed E-state index contributed by atoms with van der Waals surface area (Å²) in [6, 6.07) is 1.78. The zero-order valence-corrected chi connectivity index (χ0v) is 8.56. The average molecular weight is 210 g/mol. The lowest BCUT2D eigenvalue weighted by atomic mass is 10.3. The number of anilines is 1. The lowest BCUT2D eigenvalue weighted by Gasteiger charge is -2.18. The highest BCUT2D eigenvalue weighted by Gasteiger charge is 2.13. The summed E-state index contributed by atoms with van der Waals surface area (Å²) < 4.78 is 10.7. The number of aromatic nitrogens is 1. The molecule has 1 aliphatic heterocycles. The molecule has 0 amide bonds. The van der Waals surface area contributed by atoms with Crippen LogP contribution in [0, 0.1) is 0 Å². The Labute approximate surface area is 88.0 Å². The van der Waals surface area contributed by atoms with Crippen molar-refractivity contribution in [2.75, 3.05) is 18.5 Å². The smallest absolute Gasteiger partial charge is 0.257 e. The van der Waals surface area contributed by atoms with E-state index in [2.05, 4.69) is 10.3 Å². The van der Waals surface area contributed by atoms with Crippen LogP contribution in [0.1, 0.15) is 13.3 Å². The molecule has 2 heterocycles. The van der Waals surface area contributed by atoms with E-state index in [-0.39, 0.29) is 0 Å². The largest absolute Gasteiger partial charge is 0.484 e. The van der Waals surface area contributed by atoms with Gasteiger partial charge < -0.3 is 19.9 Å². The predicted molar refractivity (Wildman–Crippen MR) is 55.1 cm³/mol. The number of ether oxygens (including phenoxy) is 2. The van der Waals surface area contributed by atoms with E-state index in [0.717, 1.165) is 5.69 Å². The Kier molecular flexibility index (Phi) is 2.91. The molecule has 0 aromatic carbocycles. The monoisotopic (exact) mass is 210 g/mol. The summed E-state index contributed by atoms with van der Waals surface area (Å²) in [5, 5.41) is 12.3. The molecule has 1 aromatic heterocycles. The summed E-state index contributed by atoms with van der Waals surface area (Å²) in [4.78, 5) is 4.09. The second kappa shape index (κ2) is 4.35. The number of nitrogens with one attached hydrogen (secondary N) is 1. The Bertz CT molecular complexity index is 343. The minimum absolute atomic E-state index is 0.512. The molecule has 1 atom stereocenters. The van der Waals surface area contributed by atoms with Crippen LogP contribution in [-0.2, 0) is 0 Å². The Balaban J connectivity index is 2.13. The van der Waals surface area contributed by atoms with Crippen molar-refractivity contribution in [2.24, 2.45) is 0 Å². The van der Waals surface area contributed by atoms with Crippen molar-refractivity contribution in [3.63, 3.8) is 0 Å². The SMILES string of the molecule is CCC(O)Nc1cnc2c(c1)OCCO2. The summed E-state index contributed by atoms with van der Waals surface area (Å²) >= 11 is 0. The van der Waals surface area contributed by atoms with E-state index in [1.165, 1.54) is 0 Å². The van der Waals surface area contributed by atoms with E-state index in [4.69, 9.17) is 9.47 Å². The number of nitrogens with zero attached hydrogens (tertiary/aromatic N) is 1. The standard InChI is InChI=1S/C10H14N2O3/c1-2-9(13)12-7-5-8-10(11-6-7)15-4-3-14-8/h5-6,9,12-13H,2-4H2,1H3. The quantitative estimate of drug-likeness (QED) is 0.728. The molecule has 0 fully saturated rings. The van der Waals surface area contributed by atoms with Crippen molar-refractivity contribution in [3.05, 3.63) is 12.3 Å². The molecule has 2 N–H and O–H groups in total. The lowest BCUT2D eigenvalue weighted by molar-refractivity contribution is 0.164. The molecular formula is C10H14N2O3. The molecule has 2 rings (SSSR count).